The number of aromatic nitrogens is 2. The van der Waals surface area contributed by atoms with Crippen LogP contribution in [0.3, 0.4) is 0 Å². The van der Waals surface area contributed by atoms with Crippen LogP contribution in [-0.2, 0) is 0 Å². The molecule has 10 heteroatoms. The minimum absolute atomic E-state index is 0.223. The summed E-state index contributed by atoms with van der Waals surface area (Å²) in [6.07, 6.45) is 0. The first-order chi connectivity index (χ1) is 9.38. The number of rotatable bonds is 3. The number of nitro groups is 1. The van der Waals surface area contributed by atoms with E-state index in [2.05, 4.69) is 20.0 Å². The van der Waals surface area contributed by atoms with Crippen LogP contribution >= 0.6 is 0 Å². The number of aryl methyl sites for hydroxylation is 1. The van der Waals surface area contributed by atoms with Gasteiger partial charge in [-0.25, -0.2) is 4.39 Å². The summed E-state index contributed by atoms with van der Waals surface area (Å²) >= 11 is 0. The molecule has 0 saturated carbocycles. The molecule has 1 aromatic heterocycles. The van der Waals surface area contributed by atoms with Crippen molar-refractivity contribution >= 4 is 23.3 Å². The number of carbonyl (C=O) groups is 1. The van der Waals surface area contributed by atoms with Crippen LogP contribution in [0.2, 0.25) is 0 Å². The highest BCUT2D eigenvalue weighted by atomic mass is 19.1. The maximum Gasteiger partial charge on any atom is 0.328 e. The lowest BCUT2D eigenvalue weighted by molar-refractivity contribution is -0.384. The van der Waals surface area contributed by atoms with E-state index < -0.39 is 33.6 Å². The molecule has 3 N–H and O–H groups in total. The average Bonchev–Trinajstić information content (AvgIpc) is 2.76. The molecule has 9 nitrogen and oxygen atoms in total. The SMILES string of the molecule is Cc1noc(NC(=O)c2cc(F)cc([N+](=O)[O-])c2N)n1. The Bertz CT molecular complexity index is 699. The van der Waals surface area contributed by atoms with Gasteiger partial charge >= 0.3 is 6.01 Å². The van der Waals surface area contributed by atoms with Crippen LogP contribution in [0.4, 0.5) is 21.8 Å². The number of nitrogen functional groups attached to an aromatic ring is 1. The van der Waals surface area contributed by atoms with Crippen LogP contribution in [0, 0.1) is 22.9 Å². The first kappa shape index (κ1) is 13.4. The molecule has 0 aliphatic rings. The summed E-state index contributed by atoms with van der Waals surface area (Å²) in [7, 11) is 0. The van der Waals surface area contributed by atoms with Crippen molar-refractivity contribution in [3.05, 3.63) is 39.5 Å². The van der Waals surface area contributed by atoms with Gasteiger partial charge in [-0.2, -0.15) is 4.98 Å². The molecule has 0 saturated heterocycles. The summed E-state index contributed by atoms with van der Waals surface area (Å²) in [5, 5.41) is 16.3. The minimum atomic E-state index is -0.960. The number of nitro benzene ring substituents is 1. The molecule has 0 aliphatic heterocycles. The highest BCUT2D eigenvalue weighted by Gasteiger charge is 2.22. The standard InChI is InChI=1S/C10H8FN5O4/c1-4-13-10(20-15-4)14-9(17)6-2-5(11)3-7(8(6)12)16(18)19/h2-3H,12H2,1H3,(H,13,14,15,17). The normalized spacial score (nSPS) is 10.3. The Kier molecular flexibility index (Phi) is 3.29. The number of carbonyl (C=O) groups excluding carboxylic acids is 1. The Morgan fingerprint density at radius 2 is 2.25 bits per heavy atom. The topological polar surface area (TPSA) is 137 Å². The van der Waals surface area contributed by atoms with E-state index in [9.17, 15) is 19.3 Å². The van der Waals surface area contributed by atoms with Gasteiger partial charge in [0.25, 0.3) is 11.6 Å². The van der Waals surface area contributed by atoms with E-state index in [-0.39, 0.29) is 11.8 Å². The Balaban J connectivity index is 2.37. The first-order valence-electron chi connectivity index (χ1n) is 5.23. The van der Waals surface area contributed by atoms with Gasteiger partial charge in [0.1, 0.15) is 11.5 Å². The Labute approximate surface area is 110 Å². The van der Waals surface area contributed by atoms with Crippen LogP contribution in [0.5, 0.6) is 0 Å². The number of hydrogen-bond acceptors (Lipinski definition) is 7. The van der Waals surface area contributed by atoms with E-state index in [0.29, 0.717) is 6.07 Å². The smallest absolute Gasteiger partial charge is 0.328 e. The van der Waals surface area contributed by atoms with Crippen LogP contribution in [0.15, 0.2) is 16.7 Å². The van der Waals surface area contributed by atoms with Crippen molar-refractivity contribution < 1.29 is 18.6 Å². The van der Waals surface area contributed by atoms with Gasteiger partial charge < -0.3 is 10.3 Å². The molecule has 0 atom stereocenters. The summed E-state index contributed by atoms with van der Waals surface area (Å²) in [6.45, 7) is 1.53. The Morgan fingerprint density at radius 1 is 1.55 bits per heavy atom. The molecule has 0 fully saturated rings. The number of halogens is 1. The van der Waals surface area contributed by atoms with E-state index in [1.807, 2.05) is 0 Å². The molecule has 20 heavy (non-hydrogen) atoms. The fourth-order valence-electron chi connectivity index (χ4n) is 1.45. The third kappa shape index (κ3) is 2.53. The average molecular weight is 281 g/mol. The van der Waals surface area contributed by atoms with Crippen LogP contribution in [0.1, 0.15) is 16.2 Å². The van der Waals surface area contributed by atoms with Gasteiger partial charge in [-0.05, 0) is 13.0 Å². The molecule has 104 valence electrons. The zero-order valence-corrected chi connectivity index (χ0v) is 10.1. The maximum atomic E-state index is 13.3. The molecule has 1 aromatic carbocycles. The maximum absolute atomic E-state index is 13.3. The van der Waals surface area contributed by atoms with Crippen molar-refractivity contribution in [3.63, 3.8) is 0 Å². The van der Waals surface area contributed by atoms with Gasteiger partial charge in [0.05, 0.1) is 16.6 Å². The predicted molar refractivity (Wildman–Crippen MR) is 64.5 cm³/mol. The number of hydrogen-bond donors (Lipinski definition) is 2. The predicted octanol–water partition coefficient (Wildman–Crippen LogP) is 1.26. The minimum Gasteiger partial charge on any atom is -0.393 e. The second-order valence-electron chi connectivity index (χ2n) is 3.74. The number of benzene rings is 1. The second kappa shape index (κ2) is 4.91. The molecule has 0 bridgehead atoms. The van der Waals surface area contributed by atoms with Gasteiger partial charge in [0.15, 0.2) is 5.82 Å². The van der Waals surface area contributed by atoms with E-state index in [1.54, 1.807) is 0 Å². The van der Waals surface area contributed by atoms with E-state index in [4.69, 9.17) is 5.73 Å². The monoisotopic (exact) mass is 281 g/mol. The lowest BCUT2D eigenvalue weighted by Gasteiger charge is -2.05. The van der Waals surface area contributed by atoms with Crippen molar-refractivity contribution in [1.82, 2.24) is 10.1 Å². The molecule has 0 radical (unpaired) electrons. The molecular weight excluding hydrogens is 273 g/mol. The van der Waals surface area contributed by atoms with Crippen molar-refractivity contribution in [1.29, 1.82) is 0 Å². The first-order valence-corrected chi connectivity index (χ1v) is 5.23. The van der Waals surface area contributed by atoms with Gasteiger partial charge in [-0.3, -0.25) is 20.2 Å². The van der Waals surface area contributed by atoms with Gasteiger partial charge in [-0.1, -0.05) is 5.16 Å². The zero-order valence-electron chi connectivity index (χ0n) is 10.1. The Hall–Kier alpha value is -3.04. The molecule has 2 rings (SSSR count). The lowest BCUT2D eigenvalue weighted by atomic mass is 10.1. The van der Waals surface area contributed by atoms with Crippen molar-refractivity contribution in [2.24, 2.45) is 0 Å². The summed E-state index contributed by atoms with van der Waals surface area (Å²) in [5.74, 6) is -1.58. The molecular formula is C10H8FN5O4. The van der Waals surface area contributed by atoms with Crippen LogP contribution < -0.4 is 11.1 Å². The van der Waals surface area contributed by atoms with Gasteiger partial charge in [0.2, 0.25) is 0 Å². The number of nitrogens with one attached hydrogen (secondary N) is 1. The van der Waals surface area contributed by atoms with Crippen molar-refractivity contribution in [3.8, 4) is 0 Å². The molecule has 1 amide bonds. The molecule has 0 unspecified atom stereocenters. The highest BCUT2D eigenvalue weighted by Crippen LogP contribution is 2.27. The number of nitrogens with two attached hydrogens (primary N) is 1. The largest absolute Gasteiger partial charge is 0.393 e. The van der Waals surface area contributed by atoms with Crippen LogP contribution in [-0.4, -0.2) is 21.0 Å². The van der Waals surface area contributed by atoms with Crippen LogP contribution in [0.25, 0.3) is 0 Å². The number of nitrogens with zero attached hydrogens (tertiary/aromatic N) is 3. The van der Waals surface area contributed by atoms with E-state index >= 15 is 0 Å². The fourth-order valence-corrected chi connectivity index (χ4v) is 1.45. The van der Waals surface area contributed by atoms with Gasteiger partial charge in [-0.15, -0.1) is 0 Å². The lowest BCUT2D eigenvalue weighted by Crippen LogP contribution is -2.15. The van der Waals surface area contributed by atoms with Crippen molar-refractivity contribution in [2.45, 2.75) is 6.92 Å². The number of anilines is 2. The van der Waals surface area contributed by atoms with E-state index in [1.165, 1.54) is 6.92 Å². The summed E-state index contributed by atoms with van der Waals surface area (Å²) in [4.78, 5) is 25.4. The third-order valence-corrected chi connectivity index (χ3v) is 2.31. The highest BCUT2D eigenvalue weighted by molar-refractivity contribution is 6.08. The summed E-state index contributed by atoms with van der Waals surface area (Å²) in [5.41, 5.74) is 3.93. The summed E-state index contributed by atoms with van der Waals surface area (Å²) in [6, 6.07) is 1.18. The molecule has 0 spiro atoms. The molecule has 0 aliphatic carbocycles. The third-order valence-electron chi connectivity index (χ3n) is 2.31. The Morgan fingerprint density at radius 3 is 2.80 bits per heavy atom. The molecule has 1 heterocycles. The second-order valence-corrected chi connectivity index (χ2v) is 3.74. The quantitative estimate of drug-likeness (QED) is 0.490. The fraction of sp³-hybridized carbons (Fsp3) is 0.100. The van der Waals surface area contributed by atoms with Crippen molar-refractivity contribution in [2.75, 3.05) is 11.1 Å². The molecule has 2 aromatic rings. The van der Waals surface area contributed by atoms with Gasteiger partial charge in [0, 0.05) is 0 Å². The van der Waals surface area contributed by atoms with E-state index in [0.717, 1.165) is 6.07 Å². The number of amides is 1. The summed E-state index contributed by atoms with van der Waals surface area (Å²) < 4.78 is 17.9. The zero-order chi connectivity index (χ0) is 14.9.